The van der Waals surface area contributed by atoms with Crippen molar-refractivity contribution >= 4 is 77.4 Å². The van der Waals surface area contributed by atoms with Crippen molar-refractivity contribution in [3.8, 4) is 20.9 Å². The van der Waals surface area contributed by atoms with Gasteiger partial charge in [-0.3, -0.25) is 0 Å². The molecular formula is C46H38F6N2S2. The highest BCUT2D eigenvalue weighted by Crippen LogP contribution is 2.62. The second-order valence-electron chi connectivity index (χ2n) is 15.0. The van der Waals surface area contributed by atoms with Gasteiger partial charge in [0.1, 0.15) is 0 Å². The Balaban J connectivity index is 1.22. The van der Waals surface area contributed by atoms with Crippen LogP contribution in [0.2, 0.25) is 0 Å². The van der Waals surface area contributed by atoms with Crippen LogP contribution < -0.4 is 0 Å². The number of benzene rings is 4. The van der Waals surface area contributed by atoms with Crippen LogP contribution in [0, 0.1) is 27.7 Å². The summed E-state index contributed by atoms with van der Waals surface area (Å²) < 4.78 is 98.8. The van der Waals surface area contributed by atoms with Crippen LogP contribution >= 0.6 is 22.7 Å². The Morgan fingerprint density at radius 1 is 0.536 bits per heavy atom. The summed E-state index contributed by atoms with van der Waals surface area (Å²) in [5.74, 6) is -15.7. The molecule has 0 aliphatic heterocycles. The van der Waals surface area contributed by atoms with Crippen LogP contribution in [0.5, 0.6) is 0 Å². The Hall–Kier alpha value is -4.80. The maximum atomic E-state index is 16.4. The lowest BCUT2D eigenvalue weighted by Gasteiger charge is -2.40. The summed E-state index contributed by atoms with van der Waals surface area (Å²) in [6.45, 7) is 13.0. The molecule has 0 atom stereocenters. The predicted molar refractivity (Wildman–Crippen MR) is 222 cm³/mol. The molecule has 1 aliphatic rings. The summed E-state index contributed by atoms with van der Waals surface area (Å²) in [5, 5.41) is 4.13. The Labute approximate surface area is 328 Å². The zero-order valence-corrected chi connectivity index (χ0v) is 33.3. The van der Waals surface area contributed by atoms with Crippen molar-refractivity contribution in [2.24, 2.45) is 0 Å². The lowest BCUT2D eigenvalue weighted by Crippen LogP contribution is -2.57. The van der Waals surface area contributed by atoms with E-state index in [1.54, 1.807) is 19.9 Å². The molecule has 0 spiro atoms. The number of hydrogen-bond acceptors (Lipinski definition) is 2. The molecule has 0 amide bonds. The van der Waals surface area contributed by atoms with Gasteiger partial charge in [0.15, 0.2) is 0 Å². The number of alkyl halides is 6. The fourth-order valence-corrected chi connectivity index (χ4v) is 10.8. The van der Waals surface area contributed by atoms with Gasteiger partial charge in [-0.15, -0.1) is 22.7 Å². The molecule has 0 N–H and O–H groups in total. The van der Waals surface area contributed by atoms with E-state index in [2.05, 4.69) is 59.4 Å². The molecule has 0 saturated heterocycles. The van der Waals surface area contributed by atoms with Crippen molar-refractivity contribution < 1.29 is 26.3 Å². The largest absolute Gasteiger partial charge is 0.376 e. The highest BCUT2D eigenvalue weighted by atomic mass is 32.1. The number of aryl methyl sites for hydroxylation is 6. The zero-order chi connectivity index (χ0) is 39.6. The molecule has 0 radical (unpaired) electrons. The average molecular weight is 797 g/mol. The number of thiophene rings is 2. The van der Waals surface area contributed by atoms with Gasteiger partial charge in [-0.1, -0.05) is 35.4 Å². The van der Waals surface area contributed by atoms with E-state index in [0.717, 1.165) is 79.0 Å². The number of halogens is 6. The second-order valence-corrected chi connectivity index (χ2v) is 17.6. The molecule has 4 heterocycles. The first-order chi connectivity index (χ1) is 26.6. The molecule has 56 heavy (non-hydrogen) atoms. The van der Waals surface area contributed by atoms with Crippen LogP contribution in [-0.2, 0) is 13.1 Å². The van der Waals surface area contributed by atoms with Crippen LogP contribution in [0.3, 0.4) is 0 Å². The van der Waals surface area contributed by atoms with Crippen molar-refractivity contribution in [2.75, 3.05) is 0 Å². The van der Waals surface area contributed by atoms with Gasteiger partial charge < -0.3 is 9.13 Å². The molecule has 286 valence electrons. The van der Waals surface area contributed by atoms with E-state index in [0.29, 0.717) is 19.5 Å². The van der Waals surface area contributed by atoms with Gasteiger partial charge in [-0.25, -0.2) is 0 Å². The Morgan fingerprint density at radius 2 is 0.946 bits per heavy atom. The van der Waals surface area contributed by atoms with Gasteiger partial charge in [0.05, 0.1) is 0 Å². The molecule has 0 bridgehead atoms. The van der Waals surface area contributed by atoms with Crippen molar-refractivity contribution in [1.82, 2.24) is 9.13 Å². The fourth-order valence-electron chi connectivity index (χ4n) is 8.78. The van der Waals surface area contributed by atoms with E-state index >= 15 is 26.3 Å². The monoisotopic (exact) mass is 796 g/mol. The smallest absolute Gasteiger partial charge is 0.341 e. The summed E-state index contributed by atoms with van der Waals surface area (Å²) >= 11 is 2.48. The van der Waals surface area contributed by atoms with E-state index in [1.807, 2.05) is 50.2 Å². The number of hydrogen-bond donors (Lipinski definition) is 0. The van der Waals surface area contributed by atoms with Crippen LogP contribution in [-0.4, -0.2) is 26.9 Å². The standard InChI is InChI=1S/C46H38F6N2S2/c1-7-53-37-13-9-24(3)17-32(37)34-19-28(11-15-39(34)53)41-21-30(26(5)55-41)36-23-44(47,48)46(51,52)45(49,50)43(36)31-22-42(56-27(31)6)29-12-16-40-35(20-29)33-18-25(4)10-14-38(33)54(40)8-2/h9-22H,7-8,23H2,1-6H3. The number of fused-ring (bicyclic) bond motifs is 6. The molecule has 4 aromatic heterocycles. The topological polar surface area (TPSA) is 9.86 Å². The summed E-state index contributed by atoms with van der Waals surface area (Å²) in [5.41, 5.74) is 6.46. The number of aromatic nitrogens is 2. The number of rotatable bonds is 6. The van der Waals surface area contributed by atoms with E-state index in [4.69, 9.17) is 0 Å². The fraction of sp³-hybridized carbons (Fsp3) is 0.261. The molecule has 8 aromatic rings. The van der Waals surface area contributed by atoms with E-state index in [1.165, 1.54) is 28.7 Å². The molecule has 2 nitrogen and oxygen atoms in total. The third-order valence-electron chi connectivity index (χ3n) is 11.5. The summed E-state index contributed by atoms with van der Waals surface area (Å²) in [7, 11) is 0. The first-order valence-electron chi connectivity index (χ1n) is 18.7. The Bertz CT molecular complexity index is 2950. The van der Waals surface area contributed by atoms with E-state index in [9.17, 15) is 0 Å². The lowest BCUT2D eigenvalue weighted by atomic mass is 9.77. The average Bonchev–Trinajstić information content (AvgIpc) is 3.90. The second kappa shape index (κ2) is 12.6. The molecule has 0 fully saturated rings. The van der Waals surface area contributed by atoms with Gasteiger partial charge in [-0.2, -0.15) is 26.3 Å². The van der Waals surface area contributed by atoms with Crippen molar-refractivity contribution in [2.45, 2.75) is 78.8 Å². The minimum absolute atomic E-state index is 0.136. The SMILES string of the molecule is CCn1c2ccc(C)cc2c2cc(-c3cc(C4=C(c5cc(-c6ccc7c(c6)c6cc(C)ccc6n7CC)sc5C)C(F)(F)C(F)(F)C(F)(F)C4)c(C)s3)ccc21. The summed E-state index contributed by atoms with van der Waals surface area (Å²) in [6.07, 6.45) is -1.52. The third kappa shape index (κ3) is 5.20. The predicted octanol–water partition coefficient (Wildman–Crippen LogP) is 14.9. The van der Waals surface area contributed by atoms with Gasteiger partial charge in [-0.05, 0) is 130 Å². The summed E-state index contributed by atoms with van der Waals surface area (Å²) in [6, 6.07) is 27.5. The molecular weight excluding hydrogens is 759 g/mol. The molecule has 0 unspecified atom stereocenters. The quantitative estimate of drug-likeness (QED) is 0.148. The van der Waals surface area contributed by atoms with Crippen LogP contribution in [0.25, 0.3) is 75.6 Å². The first-order valence-corrected chi connectivity index (χ1v) is 20.3. The minimum Gasteiger partial charge on any atom is -0.341 e. The third-order valence-corrected chi connectivity index (χ3v) is 13.7. The Kier molecular flexibility index (Phi) is 8.28. The maximum Gasteiger partial charge on any atom is 0.376 e. The Morgan fingerprint density at radius 3 is 1.41 bits per heavy atom. The number of nitrogens with zero attached hydrogens (tertiary/aromatic N) is 2. The lowest BCUT2D eigenvalue weighted by molar-refractivity contribution is -0.289. The van der Waals surface area contributed by atoms with Gasteiger partial charge in [0.25, 0.3) is 0 Å². The van der Waals surface area contributed by atoms with Crippen LogP contribution in [0.1, 0.15) is 52.3 Å². The van der Waals surface area contributed by atoms with Gasteiger partial charge in [0, 0.05) is 88.2 Å². The first kappa shape index (κ1) is 36.8. The van der Waals surface area contributed by atoms with Gasteiger partial charge in [0.2, 0.25) is 0 Å². The summed E-state index contributed by atoms with van der Waals surface area (Å²) in [4.78, 5) is 2.11. The van der Waals surface area contributed by atoms with E-state index in [-0.39, 0.29) is 11.1 Å². The molecule has 10 heteroatoms. The van der Waals surface area contributed by atoms with Crippen LogP contribution in [0.15, 0.2) is 84.9 Å². The molecule has 9 rings (SSSR count). The van der Waals surface area contributed by atoms with Crippen molar-refractivity contribution in [1.29, 1.82) is 0 Å². The van der Waals surface area contributed by atoms with Crippen LogP contribution in [0.4, 0.5) is 26.3 Å². The highest BCUT2D eigenvalue weighted by Gasteiger charge is 2.75. The molecule has 1 aliphatic carbocycles. The molecule has 4 aromatic carbocycles. The zero-order valence-electron chi connectivity index (χ0n) is 31.7. The van der Waals surface area contributed by atoms with Crippen molar-refractivity contribution in [3.05, 3.63) is 117 Å². The van der Waals surface area contributed by atoms with E-state index < -0.39 is 35.3 Å². The maximum absolute atomic E-state index is 16.4. The highest BCUT2D eigenvalue weighted by molar-refractivity contribution is 7.16. The molecule has 0 saturated carbocycles. The number of allylic oxidation sites excluding steroid dienone is 2. The van der Waals surface area contributed by atoms with Crippen molar-refractivity contribution in [3.63, 3.8) is 0 Å². The normalized spacial score (nSPS) is 16.6. The van der Waals surface area contributed by atoms with Gasteiger partial charge >= 0.3 is 17.8 Å². The minimum atomic E-state index is -5.60.